The first-order valence-corrected chi connectivity index (χ1v) is 6.69. The summed E-state index contributed by atoms with van der Waals surface area (Å²) in [4.78, 5) is 4.10. The highest BCUT2D eigenvalue weighted by atomic mass is 32.2. The minimum atomic E-state index is -3.08. The monoisotopic (exact) mass is 232 g/mol. The van der Waals surface area contributed by atoms with E-state index in [4.69, 9.17) is 5.84 Å². The Balaban J connectivity index is 2.92. The molecule has 1 unspecified atom stereocenters. The van der Waals surface area contributed by atoms with Gasteiger partial charge in [0.1, 0.15) is 15.7 Å². The van der Waals surface area contributed by atoms with Gasteiger partial charge in [-0.25, -0.2) is 18.8 Å². The van der Waals surface area contributed by atoms with E-state index in [2.05, 4.69) is 10.4 Å². The van der Waals surface area contributed by atoms with Gasteiger partial charge >= 0.3 is 0 Å². The molecule has 86 valence electrons. The Kier molecular flexibility index (Phi) is 3.83. The van der Waals surface area contributed by atoms with Crippen LogP contribution in [0.15, 0.2) is 12.4 Å². The molecule has 0 saturated carbocycles. The number of aryl methyl sites for hydroxylation is 1. The van der Waals surface area contributed by atoms with Crippen molar-refractivity contribution in [3.8, 4) is 0 Å². The minimum Gasteiger partial charge on any atom is -0.334 e. The first-order chi connectivity index (χ1) is 6.98. The molecule has 0 bridgehead atoms. The molecule has 0 fully saturated rings. The lowest BCUT2D eigenvalue weighted by Crippen LogP contribution is -2.34. The third-order valence-electron chi connectivity index (χ3n) is 2.07. The molecule has 0 aliphatic heterocycles. The number of sulfone groups is 1. The van der Waals surface area contributed by atoms with Crippen molar-refractivity contribution >= 4 is 9.84 Å². The maximum atomic E-state index is 11.2. The minimum absolute atomic E-state index is 0.0550. The summed E-state index contributed by atoms with van der Waals surface area (Å²) in [5.41, 5.74) is 2.47. The van der Waals surface area contributed by atoms with Crippen molar-refractivity contribution in [2.75, 3.05) is 12.0 Å². The quantitative estimate of drug-likeness (QED) is 0.525. The molecule has 0 radical (unpaired) electrons. The molecule has 7 heteroatoms. The molecule has 3 N–H and O–H groups in total. The Labute approximate surface area is 89.4 Å². The van der Waals surface area contributed by atoms with E-state index >= 15 is 0 Å². The van der Waals surface area contributed by atoms with Gasteiger partial charge in [0.2, 0.25) is 0 Å². The van der Waals surface area contributed by atoms with Gasteiger partial charge in [-0.3, -0.25) is 5.84 Å². The normalized spacial score (nSPS) is 14.1. The van der Waals surface area contributed by atoms with Crippen LogP contribution in [0.3, 0.4) is 0 Å². The maximum absolute atomic E-state index is 11.2. The number of rotatable bonds is 5. The highest BCUT2D eigenvalue weighted by Crippen LogP contribution is 2.11. The maximum Gasteiger partial charge on any atom is 0.149 e. The summed E-state index contributed by atoms with van der Waals surface area (Å²) in [6.07, 6.45) is 4.60. The summed E-state index contributed by atoms with van der Waals surface area (Å²) in [5, 5.41) is 0. The molecule has 0 aliphatic carbocycles. The Morgan fingerprint density at radius 2 is 2.33 bits per heavy atom. The number of hydrogen-bond acceptors (Lipinski definition) is 5. The number of imidazole rings is 1. The zero-order valence-corrected chi connectivity index (χ0v) is 9.66. The predicted molar refractivity (Wildman–Crippen MR) is 57.7 cm³/mol. The zero-order valence-electron chi connectivity index (χ0n) is 8.84. The molecular weight excluding hydrogens is 216 g/mol. The number of hydrogen-bond donors (Lipinski definition) is 2. The Hall–Kier alpha value is -0.920. The smallest absolute Gasteiger partial charge is 0.149 e. The van der Waals surface area contributed by atoms with Gasteiger partial charge in [-0.1, -0.05) is 0 Å². The number of nitrogens with one attached hydrogen (secondary N) is 1. The van der Waals surface area contributed by atoms with E-state index in [-0.39, 0.29) is 5.75 Å². The van der Waals surface area contributed by atoms with Gasteiger partial charge in [-0.2, -0.15) is 0 Å². The van der Waals surface area contributed by atoms with Gasteiger partial charge in [0.25, 0.3) is 0 Å². The summed E-state index contributed by atoms with van der Waals surface area (Å²) >= 11 is 0. The second-order valence-corrected chi connectivity index (χ2v) is 5.57. The number of aromatic nitrogens is 2. The van der Waals surface area contributed by atoms with Crippen LogP contribution < -0.4 is 11.3 Å². The highest BCUT2D eigenvalue weighted by molar-refractivity contribution is 7.90. The molecule has 1 heterocycles. The predicted octanol–water partition coefficient (Wildman–Crippen LogP) is -0.548. The van der Waals surface area contributed by atoms with Crippen LogP contribution in [-0.4, -0.2) is 30.0 Å². The molecular formula is C8H16N4O2S. The van der Waals surface area contributed by atoms with Crippen LogP contribution in [-0.2, 0) is 16.4 Å². The Morgan fingerprint density at radius 3 is 2.80 bits per heavy atom. The average Bonchev–Trinajstić information content (AvgIpc) is 2.60. The standard InChI is InChI=1S/C8H16N4O2S/c1-3-12-5-4-10-8(12)7(11-9)6-15(2,13)14/h4-5,7,11H,3,6,9H2,1-2H3. The number of nitrogens with zero attached hydrogens (tertiary/aromatic N) is 2. The molecule has 0 aliphatic rings. The van der Waals surface area contributed by atoms with E-state index in [0.717, 1.165) is 6.54 Å². The summed E-state index contributed by atoms with van der Waals surface area (Å²) < 4.78 is 24.2. The van der Waals surface area contributed by atoms with Gasteiger partial charge in [-0.05, 0) is 6.92 Å². The summed E-state index contributed by atoms with van der Waals surface area (Å²) in [7, 11) is -3.08. The van der Waals surface area contributed by atoms with E-state index in [1.807, 2.05) is 11.5 Å². The molecule has 1 aromatic rings. The Morgan fingerprint density at radius 1 is 1.67 bits per heavy atom. The third kappa shape index (κ3) is 3.29. The summed E-state index contributed by atoms with van der Waals surface area (Å²) in [6, 6.07) is -0.463. The molecule has 0 saturated heterocycles. The SMILES string of the molecule is CCn1ccnc1C(CS(C)(=O)=O)NN. The first-order valence-electron chi connectivity index (χ1n) is 4.62. The summed E-state index contributed by atoms with van der Waals surface area (Å²) in [5.74, 6) is 5.92. The topological polar surface area (TPSA) is 90.0 Å². The first kappa shape index (κ1) is 12.2. The van der Waals surface area contributed by atoms with Gasteiger partial charge in [-0.15, -0.1) is 0 Å². The molecule has 1 rings (SSSR count). The molecule has 1 atom stereocenters. The van der Waals surface area contributed by atoms with Crippen molar-refractivity contribution in [3.05, 3.63) is 18.2 Å². The second-order valence-electron chi connectivity index (χ2n) is 3.38. The van der Waals surface area contributed by atoms with Crippen LogP contribution in [0.5, 0.6) is 0 Å². The number of nitrogens with two attached hydrogens (primary N) is 1. The average molecular weight is 232 g/mol. The lowest BCUT2D eigenvalue weighted by Gasteiger charge is -2.15. The van der Waals surface area contributed by atoms with Gasteiger partial charge in [0.05, 0.1) is 11.8 Å². The highest BCUT2D eigenvalue weighted by Gasteiger charge is 2.19. The van der Waals surface area contributed by atoms with Crippen molar-refractivity contribution in [2.24, 2.45) is 5.84 Å². The van der Waals surface area contributed by atoms with E-state index < -0.39 is 15.9 Å². The zero-order chi connectivity index (χ0) is 11.5. The lowest BCUT2D eigenvalue weighted by molar-refractivity contribution is 0.522. The van der Waals surface area contributed by atoms with E-state index in [1.165, 1.54) is 6.26 Å². The van der Waals surface area contributed by atoms with Crippen LogP contribution >= 0.6 is 0 Å². The Bertz CT molecular complexity index is 412. The van der Waals surface area contributed by atoms with Crippen molar-refractivity contribution in [2.45, 2.75) is 19.5 Å². The molecule has 1 aromatic heterocycles. The van der Waals surface area contributed by atoms with Crippen molar-refractivity contribution < 1.29 is 8.42 Å². The van der Waals surface area contributed by atoms with Gasteiger partial charge in [0, 0.05) is 25.2 Å². The van der Waals surface area contributed by atoms with Crippen molar-refractivity contribution in [3.63, 3.8) is 0 Å². The van der Waals surface area contributed by atoms with Crippen LogP contribution in [0.4, 0.5) is 0 Å². The van der Waals surface area contributed by atoms with E-state index in [9.17, 15) is 8.42 Å². The van der Waals surface area contributed by atoms with Crippen LogP contribution in [0.25, 0.3) is 0 Å². The summed E-state index contributed by atoms with van der Waals surface area (Å²) in [6.45, 7) is 2.69. The van der Waals surface area contributed by atoms with Gasteiger partial charge in [0.15, 0.2) is 0 Å². The number of hydrazine groups is 1. The van der Waals surface area contributed by atoms with E-state index in [0.29, 0.717) is 5.82 Å². The molecule has 0 aromatic carbocycles. The van der Waals surface area contributed by atoms with Gasteiger partial charge < -0.3 is 4.57 Å². The van der Waals surface area contributed by atoms with Crippen LogP contribution in [0.1, 0.15) is 18.8 Å². The molecule has 0 spiro atoms. The van der Waals surface area contributed by atoms with E-state index in [1.54, 1.807) is 12.4 Å². The fraction of sp³-hybridized carbons (Fsp3) is 0.625. The molecule has 6 nitrogen and oxygen atoms in total. The fourth-order valence-corrected chi connectivity index (χ4v) is 2.25. The van der Waals surface area contributed by atoms with Crippen LogP contribution in [0, 0.1) is 0 Å². The second kappa shape index (κ2) is 4.73. The fourth-order valence-electron chi connectivity index (χ4n) is 1.40. The molecule has 0 amide bonds. The lowest BCUT2D eigenvalue weighted by atomic mass is 10.3. The van der Waals surface area contributed by atoms with Crippen molar-refractivity contribution in [1.29, 1.82) is 0 Å². The van der Waals surface area contributed by atoms with Crippen molar-refractivity contribution in [1.82, 2.24) is 15.0 Å². The van der Waals surface area contributed by atoms with Crippen LogP contribution in [0.2, 0.25) is 0 Å². The largest absolute Gasteiger partial charge is 0.334 e. The molecule has 15 heavy (non-hydrogen) atoms. The third-order valence-corrected chi connectivity index (χ3v) is 3.01.